The minimum atomic E-state index is -0.0818. The molecule has 3 heterocycles. The molecular weight excluding hydrogens is 334 g/mol. The summed E-state index contributed by atoms with van der Waals surface area (Å²) in [7, 11) is 1.54. The normalized spacial score (nSPS) is 22.1. The molecule has 1 aliphatic heterocycles. The molecule has 4 rings (SSSR count). The number of nitrogens with two attached hydrogens (primary N) is 1. The van der Waals surface area contributed by atoms with Crippen molar-refractivity contribution >= 4 is 17.7 Å². The molecule has 2 fully saturated rings. The molecule has 2 aromatic rings. The summed E-state index contributed by atoms with van der Waals surface area (Å²) in [5, 5.41) is 3.34. The van der Waals surface area contributed by atoms with Crippen molar-refractivity contribution in [3.8, 4) is 5.88 Å². The van der Waals surface area contributed by atoms with E-state index in [4.69, 9.17) is 15.5 Å². The molecule has 2 aromatic heterocycles. The smallest absolute Gasteiger partial charge is 0.252 e. The van der Waals surface area contributed by atoms with E-state index < -0.39 is 0 Å². The van der Waals surface area contributed by atoms with Crippen LogP contribution in [0.2, 0.25) is 0 Å². The van der Waals surface area contributed by atoms with Crippen LogP contribution in [0.4, 0.5) is 17.7 Å². The molecule has 138 valence electrons. The van der Waals surface area contributed by atoms with Crippen molar-refractivity contribution in [1.29, 1.82) is 0 Å². The van der Waals surface area contributed by atoms with Gasteiger partial charge in [0, 0.05) is 37.2 Å². The van der Waals surface area contributed by atoms with E-state index in [9.17, 15) is 4.79 Å². The quantitative estimate of drug-likeness (QED) is 0.727. The standard InChI is InChI=1S/C17H23N7O2/c1-26-15-9-13(21-16(18)23-15)19-11-6-10(7-11)12-8-14(25)22-17(20-12)24-4-2-3-5-24/h8-11H,2-7H2,1H3,(H,20,22,25)(H3,18,19,21,23). The molecule has 1 saturated heterocycles. The van der Waals surface area contributed by atoms with E-state index in [1.54, 1.807) is 19.2 Å². The van der Waals surface area contributed by atoms with Crippen molar-refractivity contribution in [2.75, 3.05) is 36.1 Å². The highest BCUT2D eigenvalue weighted by Gasteiger charge is 2.32. The first kappa shape index (κ1) is 16.6. The number of nitrogens with one attached hydrogen (secondary N) is 2. The van der Waals surface area contributed by atoms with Gasteiger partial charge >= 0.3 is 0 Å². The lowest BCUT2D eigenvalue weighted by molar-refractivity contribution is 0.365. The molecule has 0 unspecified atom stereocenters. The Balaban J connectivity index is 1.42. The summed E-state index contributed by atoms with van der Waals surface area (Å²) >= 11 is 0. The number of anilines is 3. The van der Waals surface area contributed by atoms with Crippen LogP contribution < -0.4 is 26.2 Å². The van der Waals surface area contributed by atoms with Crippen molar-refractivity contribution in [3.05, 3.63) is 28.2 Å². The molecule has 2 aliphatic rings. The van der Waals surface area contributed by atoms with Gasteiger partial charge in [-0.15, -0.1) is 0 Å². The second-order valence-electron chi connectivity index (χ2n) is 6.85. The van der Waals surface area contributed by atoms with E-state index in [2.05, 4.69) is 25.2 Å². The van der Waals surface area contributed by atoms with Crippen molar-refractivity contribution in [2.24, 2.45) is 0 Å². The van der Waals surface area contributed by atoms with E-state index in [0.29, 0.717) is 17.6 Å². The summed E-state index contributed by atoms with van der Waals surface area (Å²) in [6, 6.07) is 3.60. The fraction of sp³-hybridized carbons (Fsp3) is 0.529. The van der Waals surface area contributed by atoms with Gasteiger partial charge in [-0.05, 0) is 25.7 Å². The zero-order valence-electron chi connectivity index (χ0n) is 14.7. The zero-order valence-corrected chi connectivity index (χ0v) is 14.7. The number of nitrogens with zero attached hydrogens (tertiary/aromatic N) is 4. The van der Waals surface area contributed by atoms with Crippen LogP contribution >= 0.6 is 0 Å². The summed E-state index contributed by atoms with van der Waals surface area (Å²) < 4.78 is 5.11. The molecule has 0 aromatic carbocycles. The van der Waals surface area contributed by atoms with Crippen LogP contribution in [0.25, 0.3) is 0 Å². The lowest BCUT2D eigenvalue weighted by atomic mass is 9.78. The molecular formula is C17H23N7O2. The van der Waals surface area contributed by atoms with Gasteiger partial charge in [-0.1, -0.05) is 0 Å². The molecule has 26 heavy (non-hydrogen) atoms. The first-order valence-corrected chi connectivity index (χ1v) is 8.92. The van der Waals surface area contributed by atoms with Gasteiger partial charge in [0.1, 0.15) is 5.82 Å². The van der Waals surface area contributed by atoms with Gasteiger partial charge < -0.3 is 20.7 Å². The summed E-state index contributed by atoms with van der Waals surface area (Å²) in [5.74, 6) is 2.23. The van der Waals surface area contributed by atoms with Gasteiger partial charge in [-0.25, -0.2) is 4.98 Å². The van der Waals surface area contributed by atoms with Gasteiger partial charge in [0.25, 0.3) is 5.56 Å². The van der Waals surface area contributed by atoms with E-state index in [-0.39, 0.29) is 23.5 Å². The summed E-state index contributed by atoms with van der Waals surface area (Å²) in [6.07, 6.45) is 4.08. The fourth-order valence-electron chi connectivity index (χ4n) is 3.56. The largest absolute Gasteiger partial charge is 0.481 e. The molecule has 1 saturated carbocycles. The van der Waals surface area contributed by atoms with Crippen molar-refractivity contribution < 1.29 is 4.74 Å². The SMILES string of the molecule is COc1cc(NC2CC(c3cc(=O)[nH]c(N4CCCC4)n3)C2)nc(N)n1. The average Bonchev–Trinajstić information content (AvgIpc) is 3.11. The van der Waals surface area contributed by atoms with Crippen LogP contribution in [0.15, 0.2) is 16.9 Å². The molecule has 9 nitrogen and oxygen atoms in total. The van der Waals surface area contributed by atoms with Gasteiger partial charge in [0.2, 0.25) is 17.8 Å². The molecule has 0 atom stereocenters. The highest BCUT2D eigenvalue weighted by atomic mass is 16.5. The van der Waals surface area contributed by atoms with Gasteiger partial charge in [0.15, 0.2) is 0 Å². The van der Waals surface area contributed by atoms with Crippen molar-refractivity contribution in [1.82, 2.24) is 19.9 Å². The van der Waals surface area contributed by atoms with E-state index in [0.717, 1.165) is 44.5 Å². The third-order valence-corrected chi connectivity index (χ3v) is 4.99. The molecule has 0 spiro atoms. The Labute approximate surface area is 151 Å². The van der Waals surface area contributed by atoms with Crippen LogP contribution in [0.1, 0.15) is 37.3 Å². The molecule has 0 amide bonds. The molecule has 0 radical (unpaired) electrons. The predicted octanol–water partition coefficient (Wildman–Crippen LogP) is 1.11. The lowest BCUT2D eigenvalue weighted by Crippen LogP contribution is -2.36. The number of aromatic amines is 1. The summed E-state index contributed by atoms with van der Waals surface area (Å²) in [5.41, 5.74) is 6.47. The number of aromatic nitrogens is 4. The summed E-state index contributed by atoms with van der Waals surface area (Å²) in [6.45, 7) is 1.91. The van der Waals surface area contributed by atoms with Crippen molar-refractivity contribution in [2.45, 2.75) is 37.6 Å². The second kappa shape index (κ2) is 6.81. The number of hydrogen-bond donors (Lipinski definition) is 3. The minimum Gasteiger partial charge on any atom is -0.481 e. The Morgan fingerprint density at radius 1 is 1.23 bits per heavy atom. The molecule has 4 N–H and O–H groups in total. The maximum absolute atomic E-state index is 12.0. The molecule has 0 bridgehead atoms. The van der Waals surface area contributed by atoms with Gasteiger partial charge in [-0.3, -0.25) is 9.78 Å². The third-order valence-electron chi connectivity index (χ3n) is 4.99. The monoisotopic (exact) mass is 357 g/mol. The number of ether oxygens (including phenoxy) is 1. The van der Waals surface area contributed by atoms with Crippen molar-refractivity contribution in [3.63, 3.8) is 0 Å². The molecule has 9 heteroatoms. The van der Waals surface area contributed by atoms with E-state index >= 15 is 0 Å². The number of nitrogen functional groups attached to an aromatic ring is 1. The second-order valence-corrected chi connectivity index (χ2v) is 6.85. The number of hydrogen-bond acceptors (Lipinski definition) is 8. The Kier molecular flexibility index (Phi) is 4.36. The number of H-pyrrole nitrogens is 1. The first-order chi connectivity index (χ1) is 12.6. The zero-order chi connectivity index (χ0) is 18.1. The maximum atomic E-state index is 12.0. The Morgan fingerprint density at radius 3 is 2.73 bits per heavy atom. The van der Waals surface area contributed by atoms with Crippen LogP contribution in [0.3, 0.4) is 0 Å². The fourth-order valence-corrected chi connectivity index (χ4v) is 3.56. The van der Waals surface area contributed by atoms with Crippen LogP contribution in [0.5, 0.6) is 5.88 Å². The minimum absolute atomic E-state index is 0.0818. The average molecular weight is 357 g/mol. The van der Waals surface area contributed by atoms with Gasteiger partial charge in [-0.2, -0.15) is 9.97 Å². The Morgan fingerprint density at radius 2 is 2.00 bits per heavy atom. The maximum Gasteiger partial charge on any atom is 0.252 e. The predicted molar refractivity (Wildman–Crippen MR) is 98.7 cm³/mol. The van der Waals surface area contributed by atoms with Gasteiger partial charge in [0.05, 0.1) is 12.8 Å². The highest BCUT2D eigenvalue weighted by molar-refractivity contribution is 5.44. The number of methoxy groups -OCH3 is 1. The Hall–Kier alpha value is -2.84. The first-order valence-electron chi connectivity index (χ1n) is 8.92. The van der Waals surface area contributed by atoms with Crippen LogP contribution in [-0.2, 0) is 0 Å². The summed E-state index contributed by atoms with van der Waals surface area (Å²) in [4.78, 5) is 29.9. The lowest BCUT2D eigenvalue weighted by Gasteiger charge is -2.36. The van der Waals surface area contributed by atoms with Crippen LogP contribution in [-0.4, -0.2) is 46.2 Å². The topological polar surface area (TPSA) is 122 Å². The van der Waals surface area contributed by atoms with E-state index in [1.165, 1.54) is 0 Å². The number of rotatable bonds is 5. The van der Waals surface area contributed by atoms with Crippen LogP contribution in [0, 0.1) is 0 Å². The third kappa shape index (κ3) is 3.42. The molecule has 1 aliphatic carbocycles. The Bertz CT molecular complexity index is 841. The highest BCUT2D eigenvalue weighted by Crippen LogP contribution is 2.37. The van der Waals surface area contributed by atoms with E-state index in [1.807, 2.05) is 0 Å².